The number of aliphatic carboxylic acids is 1. The number of aryl methyl sites for hydroxylation is 1. The van der Waals surface area contributed by atoms with E-state index in [0.29, 0.717) is 18.9 Å². The molecule has 23 heavy (non-hydrogen) atoms. The van der Waals surface area contributed by atoms with Crippen molar-refractivity contribution in [3.63, 3.8) is 0 Å². The van der Waals surface area contributed by atoms with Crippen LogP contribution in [0.1, 0.15) is 30.4 Å². The second-order valence-electron chi connectivity index (χ2n) is 6.40. The van der Waals surface area contributed by atoms with E-state index < -0.39 is 5.97 Å². The van der Waals surface area contributed by atoms with Gasteiger partial charge in [-0.15, -0.1) is 0 Å². The highest BCUT2D eigenvalue weighted by atomic mass is 16.4. The zero-order valence-electron chi connectivity index (χ0n) is 13.8. The highest BCUT2D eigenvalue weighted by Gasteiger charge is 2.20. The highest BCUT2D eigenvalue weighted by molar-refractivity contribution is 5.78. The van der Waals surface area contributed by atoms with Gasteiger partial charge in [-0.25, -0.2) is 0 Å². The van der Waals surface area contributed by atoms with Gasteiger partial charge in [-0.05, 0) is 44.3 Å². The summed E-state index contributed by atoms with van der Waals surface area (Å²) < 4.78 is 0. The van der Waals surface area contributed by atoms with E-state index in [0.717, 1.165) is 38.0 Å². The van der Waals surface area contributed by atoms with Crippen LogP contribution in [-0.4, -0.2) is 48.1 Å². The Balaban J connectivity index is 1.65. The fourth-order valence-electron chi connectivity index (χ4n) is 3.00. The number of rotatable bonds is 7. The maximum absolute atomic E-state index is 12.0. The fraction of sp³-hybridized carbons (Fsp3) is 0.556. The first-order valence-electron chi connectivity index (χ1n) is 8.29. The van der Waals surface area contributed by atoms with E-state index in [-0.39, 0.29) is 12.3 Å². The topological polar surface area (TPSA) is 69.6 Å². The summed E-state index contributed by atoms with van der Waals surface area (Å²) in [6.07, 6.45) is 2.67. The van der Waals surface area contributed by atoms with Crippen LogP contribution >= 0.6 is 0 Å². The lowest BCUT2D eigenvalue weighted by atomic mass is 9.96. The Morgan fingerprint density at radius 2 is 2.04 bits per heavy atom. The molecular formula is C18H26N2O3. The summed E-state index contributed by atoms with van der Waals surface area (Å²) in [6.45, 7) is 5.22. The fourth-order valence-corrected chi connectivity index (χ4v) is 3.00. The number of hydrogen-bond acceptors (Lipinski definition) is 3. The van der Waals surface area contributed by atoms with Crippen LogP contribution in [0.5, 0.6) is 0 Å². The molecule has 1 aliphatic heterocycles. The van der Waals surface area contributed by atoms with Crippen LogP contribution in [0.15, 0.2) is 24.3 Å². The van der Waals surface area contributed by atoms with E-state index in [9.17, 15) is 9.59 Å². The molecule has 0 spiro atoms. The minimum Gasteiger partial charge on any atom is -0.481 e. The molecule has 1 aliphatic rings. The molecule has 1 fully saturated rings. The van der Waals surface area contributed by atoms with Gasteiger partial charge in [-0.1, -0.05) is 29.8 Å². The second kappa shape index (κ2) is 8.67. The van der Waals surface area contributed by atoms with E-state index in [1.54, 1.807) is 0 Å². The molecule has 0 saturated carbocycles. The number of carbonyl (C=O) groups is 2. The zero-order valence-corrected chi connectivity index (χ0v) is 13.8. The number of benzene rings is 1. The molecule has 1 saturated heterocycles. The second-order valence-corrected chi connectivity index (χ2v) is 6.40. The van der Waals surface area contributed by atoms with E-state index in [4.69, 9.17) is 5.11 Å². The Morgan fingerprint density at radius 3 is 2.70 bits per heavy atom. The minimum atomic E-state index is -0.740. The van der Waals surface area contributed by atoms with Gasteiger partial charge in [0.25, 0.3) is 0 Å². The van der Waals surface area contributed by atoms with Crippen LogP contribution in [0, 0.1) is 12.8 Å². The molecule has 5 heteroatoms. The van der Waals surface area contributed by atoms with E-state index in [1.807, 2.05) is 31.2 Å². The standard InChI is InChI=1S/C18H26N2O3/c1-14-3-2-4-16(11-14)12-17(21)19-13-15-5-8-20(9-6-15)10-7-18(22)23/h2-4,11,15H,5-10,12-13H2,1H3,(H,19,21)(H,22,23). The van der Waals surface area contributed by atoms with Crippen molar-refractivity contribution in [3.8, 4) is 0 Å². The summed E-state index contributed by atoms with van der Waals surface area (Å²) in [5, 5.41) is 11.7. The van der Waals surface area contributed by atoms with Gasteiger partial charge in [0.1, 0.15) is 0 Å². The highest BCUT2D eigenvalue weighted by Crippen LogP contribution is 2.16. The molecule has 2 rings (SSSR count). The summed E-state index contributed by atoms with van der Waals surface area (Å²) in [4.78, 5) is 24.8. The molecule has 1 aromatic carbocycles. The van der Waals surface area contributed by atoms with Gasteiger partial charge in [0.2, 0.25) is 5.91 Å². The molecule has 0 bridgehead atoms. The van der Waals surface area contributed by atoms with Crippen molar-refractivity contribution in [1.29, 1.82) is 0 Å². The van der Waals surface area contributed by atoms with Gasteiger partial charge >= 0.3 is 5.97 Å². The van der Waals surface area contributed by atoms with Gasteiger partial charge in [0.15, 0.2) is 0 Å². The van der Waals surface area contributed by atoms with Gasteiger partial charge in [0, 0.05) is 13.1 Å². The van der Waals surface area contributed by atoms with Crippen molar-refractivity contribution < 1.29 is 14.7 Å². The number of nitrogens with one attached hydrogen (secondary N) is 1. The first-order chi connectivity index (χ1) is 11.0. The Morgan fingerprint density at radius 1 is 1.30 bits per heavy atom. The van der Waals surface area contributed by atoms with Gasteiger partial charge in [0.05, 0.1) is 12.8 Å². The lowest BCUT2D eigenvalue weighted by molar-refractivity contribution is -0.137. The smallest absolute Gasteiger partial charge is 0.304 e. The Bertz CT molecular complexity index is 537. The van der Waals surface area contributed by atoms with Crippen molar-refractivity contribution in [2.75, 3.05) is 26.2 Å². The molecule has 0 unspecified atom stereocenters. The summed E-state index contributed by atoms with van der Waals surface area (Å²) in [5.41, 5.74) is 2.22. The van der Waals surface area contributed by atoms with Crippen LogP contribution in [0.2, 0.25) is 0 Å². The molecule has 126 valence electrons. The number of piperidine rings is 1. The van der Waals surface area contributed by atoms with Gasteiger partial charge < -0.3 is 15.3 Å². The maximum Gasteiger partial charge on any atom is 0.304 e. The summed E-state index contributed by atoms with van der Waals surface area (Å²) in [7, 11) is 0. The molecule has 0 aromatic heterocycles. The largest absolute Gasteiger partial charge is 0.481 e. The van der Waals surface area contributed by atoms with Gasteiger partial charge in [-0.3, -0.25) is 9.59 Å². The van der Waals surface area contributed by atoms with Crippen molar-refractivity contribution in [2.45, 2.75) is 32.6 Å². The number of nitrogens with zero attached hydrogens (tertiary/aromatic N) is 1. The number of amides is 1. The van der Waals surface area contributed by atoms with Gasteiger partial charge in [-0.2, -0.15) is 0 Å². The van der Waals surface area contributed by atoms with Crippen LogP contribution in [-0.2, 0) is 16.0 Å². The lowest BCUT2D eigenvalue weighted by Crippen LogP contribution is -2.39. The zero-order chi connectivity index (χ0) is 16.7. The first-order valence-corrected chi connectivity index (χ1v) is 8.29. The Hall–Kier alpha value is -1.88. The quantitative estimate of drug-likeness (QED) is 0.805. The Labute approximate surface area is 137 Å². The molecule has 0 atom stereocenters. The average Bonchev–Trinajstić information content (AvgIpc) is 2.52. The van der Waals surface area contributed by atoms with E-state index in [1.165, 1.54) is 5.56 Å². The molecule has 5 nitrogen and oxygen atoms in total. The molecular weight excluding hydrogens is 292 g/mol. The number of carboxylic acids is 1. The summed E-state index contributed by atoms with van der Waals surface area (Å²) >= 11 is 0. The molecule has 1 heterocycles. The molecule has 1 amide bonds. The monoisotopic (exact) mass is 318 g/mol. The van der Waals surface area contributed by atoms with Crippen molar-refractivity contribution in [2.24, 2.45) is 5.92 Å². The van der Waals surface area contributed by atoms with Crippen LogP contribution in [0.4, 0.5) is 0 Å². The third-order valence-electron chi connectivity index (χ3n) is 4.38. The molecule has 0 radical (unpaired) electrons. The number of likely N-dealkylation sites (tertiary alicyclic amines) is 1. The average molecular weight is 318 g/mol. The lowest BCUT2D eigenvalue weighted by Gasteiger charge is -2.31. The van der Waals surface area contributed by atoms with Crippen molar-refractivity contribution in [3.05, 3.63) is 35.4 Å². The number of carboxylic acid groups (broad SMARTS) is 1. The third kappa shape index (κ3) is 6.40. The predicted molar refractivity (Wildman–Crippen MR) is 89.3 cm³/mol. The summed E-state index contributed by atoms with van der Waals surface area (Å²) in [5.74, 6) is -0.169. The van der Waals surface area contributed by atoms with Crippen molar-refractivity contribution in [1.82, 2.24) is 10.2 Å². The van der Waals surface area contributed by atoms with E-state index >= 15 is 0 Å². The first kappa shape index (κ1) is 17.5. The van der Waals surface area contributed by atoms with Crippen molar-refractivity contribution >= 4 is 11.9 Å². The van der Waals surface area contributed by atoms with E-state index in [2.05, 4.69) is 10.2 Å². The SMILES string of the molecule is Cc1cccc(CC(=O)NCC2CCN(CCC(=O)O)CC2)c1. The minimum absolute atomic E-state index is 0.0731. The predicted octanol–water partition coefficient (Wildman–Crippen LogP) is 1.84. The normalized spacial score (nSPS) is 16.2. The van der Waals surface area contributed by atoms with Crippen LogP contribution in [0.3, 0.4) is 0 Å². The van der Waals surface area contributed by atoms with Crippen LogP contribution in [0.25, 0.3) is 0 Å². The number of hydrogen-bond donors (Lipinski definition) is 2. The third-order valence-corrected chi connectivity index (χ3v) is 4.38. The number of carbonyl (C=O) groups excluding carboxylic acids is 1. The molecule has 0 aliphatic carbocycles. The summed E-state index contributed by atoms with van der Waals surface area (Å²) in [6, 6.07) is 8.03. The maximum atomic E-state index is 12.0. The molecule has 1 aromatic rings. The Kier molecular flexibility index (Phi) is 6.59. The molecule has 2 N–H and O–H groups in total. The van der Waals surface area contributed by atoms with Crippen LogP contribution < -0.4 is 5.32 Å².